The molecule has 0 aliphatic heterocycles. The maximum Gasteiger partial charge on any atom is 0.337 e. The third kappa shape index (κ3) is 2.99. The Balaban J connectivity index is 1.58. The van der Waals surface area contributed by atoms with Gasteiger partial charge in [-0.1, -0.05) is 23.4 Å². The van der Waals surface area contributed by atoms with Crippen LogP contribution >= 0.6 is 0 Å². The molecule has 0 saturated heterocycles. The molecule has 0 aliphatic rings. The first-order valence-electron chi connectivity index (χ1n) is 7.74. The summed E-state index contributed by atoms with van der Waals surface area (Å²) >= 11 is 0. The Morgan fingerprint density at radius 3 is 3.04 bits per heavy atom. The van der Waals surface area contributed by atoms with E-state index in [2.05, 4.69) is 20.5 Å². The lowest BCUT2D eigenvalue weighted by Crippen LogP contribution is -2.04. The third-order valence-corrected chi connectivity index (χ3v) is 3.97. The number of hydrogen-bond acceptors (Lipinski definition) is 5. The number of methoxy groups -OCH3 is 1. The maximum absolute atomic E-state index is 11.6. The van der Waals surface area contributed by atoms with E-state index in [0.29, 0.717) is 12.1 Å². The Morgan fingerprint density at radius 1 is 1.24 bits per heavy atom. The molecule has 7 nitrogen and oxygen atoms in total. The van der Waals surface area contributed by atoms with Crippen LogP contribution in [0.1, 0.15) is 15.9 Å². The van der Waals surface area contributed by atoms with E-state index >= 15 is 0 Å². The first-order valence-corrected chi connectivity index (χ1v) is 7.74. The van der Waals surface area contributed by atoms with Crippen molar-refractivity contribution in [3.8, 4) is 11.3 Å². The number of nitrogens with one attached hydrogen (secondary N) is 1. The first-order chi connectivity index (χ1) is 12.2. The van der Waals surface area contributed by atoms with E-state index in [1.165, 1.54) is 7.11 Å². The predicted molar refractivity (Wildman–Crippen MR) is 92.0 cm³/mol. The molecule has 0 fully saturated rings. The average Bonchev–Trinajstić information content (AvgIpc) is 3.29. The highest BCUT2D eigenvalue weighted by Crippen LogP contribution is 2.21. The molecule has 2 heterocycles. The average molecular weight is 333 g/mol. The van der Waals surface area contributed by atoms with Crippen LogP contribution in [0.3, 0.4) is 0 Å². The van der Waals surface area contributed by atoms with Crippen molar-refractivity contribution in [2.45, 2.75) is 6.54 Å². The lowest BCUT2D eigenvalue weighted by atomic mass is 10.1. The molecular weight excluding hydrogens is 318 g/mol. The van der Waals surface area contributed by atoms with Crippen molar-refractivity contribution in [2.75, 3.05) is 7.11 Å². The number of esters is 1. The molecule has 0 bridgehead atoms. The summed E-state index contributed by atoms with van der Waals surface area (Å²) in [5, 5.41) is 16.4. The van der Waals surface area contributed by atoms with Crippen molar-refractivity contribution in [1.82, 2.24) is 25.2 Å². The second-order valence-electron chi connectivity index (χ2n) is 5.67. The number of hydrogen-bond donors (Lipinski definition) is 1. The van der Waals surface area contributed by atoms with Crippen molar-refractivity contribution >= 4 is 16.9 Å². The van der Waals surface area contributed by atoms with Gasteiger partial charge in [0.25, 0.3) is 0 Å². The molecule has 4 rings (SSSR count). The van der Waals surface area contributed by atoms with E-state index in [9.17, 15) is 4.79 Å². The molecule has 0 unspecified atom stereocenters. The van der Waals surface area contributed by atoms with Gasteiger partial charge in [0.05, 0.1) is 37.1 Å². The molecular formula is C18H15N5O2. The quantitative estimate of drug-likeness (QED) is 0.580. The summed E-state index contributed by atoms with van der Waals surface area (Å²) in [5.74, 6) is -0.352. The summed E-state index contributed by atoms with van der Waals surface area (Å²) in [6.07, 6.45) is 3.66. The summed E-state index contributed by atoms with van der Waals surface area (Å²) in [6.45, 7) is 0.520. The fraction of sp³-hybridized carbons (Fsp3) is 0.111. The van der Waals surface area contributed by atoms with Gasteiger partial charge in [0, 0.05) is 10.9 Å². The van der Waals surface area contributed by atoms with Crippen LogP contribution in [-0.4, -0.2) is 38.3 Å². The fourth-order valence-corrected chi connectivity index (χ4v) is 2.71. The lowest BCUT2D eigenvalue weighted by molar-refractivity contribution is 0.0600. The van der Waals surface area contributed by atoms with Gasteiger partial charge in [0.2, 0.25) is 0 Å². The molecule has 7 heteroatoms. The highest BCUT2D eigenvalue weighted by molar-refractivity contribution is 5.89. The minimum atomic E-state index is -0.352. The normalized spacial score (nSPS) is 10.9. The standard InChI is InChI=1S/C18H15N5O2/c1-25-18(24)14-4-2-3-12(7-14)10-23-11-17(21-22-23)13-5-6-16-15(8-13)9-19-20-16/h2-9,11H,10H2,1H3,(H,19,20). The van der Waals surface area contributed by atoms with Gasteiger partial charge in [-0.05, 0) is 29.8 Å². The lowest BCUT2D eigenvalue weighted by Gasteiger charge is -2.03. The molecule has 0 amide bonds. The molecule has 0 spiro atoms. The molecule has 2 aromatic heterocycles. The van der Waals surface area contributed by atoms with Gasteiger partial charge in [-0.15, -0.1) is 5.10 Å². The smallest absolute Gasteiger partial charge is 0.337 e. The number of carbonyl (C=O) groups is 1. The van der Waals surface area contributed by atoms with E-state index in [1.54, 1.807) is 23.0 Å². The van der Waals surface area contributed by atoms with E-state index < -0.39 is 0 Å². The first kappa shape index (κ1) is 15.1. The maximum atomic E-state index is 11.6. The number of rotatable bonds is 4. The zero-order valence-electron chi connectivity index (χ0n) is 13.5. The predicted octanol–water partition coefficient (Wildman–Crippen LogP) is 2.66. The van der Waals surface area contributed by atoms with Crippen LogP contribution in [0.4, 0.5) is 0 Å². The largest absolute Gasteiger partial charge is 0.465 e. The number of nitrogens with zero attached hydrogens (tertiary/aromatic N) is 4. The van der Waals surface area contributed by atoms with Crippen LogP contribution in [0, 0.1) is 0 Å². The zero-order valence-corrected chi connectivity index (χ0v) is 13.5. The molecule has 0 atom stereocenters. The van der Waals surface area contributed by atoms with E-state index in [0.717, 1.165) is 27.7 Å². The summed E-state index contributed by atoms with van der Waals surface area (Å²) in [6, 6.07) is 13.2. The highest BCUT2D eigenvalue weighted by Gasteiger charge is 2.08. The topological polar surface area (TPSA) is 85.7 Å². The summed E-state index contributed by atoms with van der Waals surface area (Å²) in [5.41, 5.74) is 4.21. The van der Waals surface area contributed by atoms with Gasteiger partial charge >= 0.3 is 5.97 Å². The van der Waals surface area contributed by atoms with Crippen molar-refractivity contribution in [2.24, 2.45) is 0 Å². The molecule has 0 saturated carbocycles. The van der Waals surface area contributed by atoms with Gasteiger partial charge in [-0.25, -0.2) is 9.48 Å². The van der Waals surface area contributed by atoms with Crippen molar-refractivity contribution in [3.05, 3.63) is 66.0 Å². The molecule has 25 heavy (non-hydrogen) atoms. The molecule has 124 valence electrons. The molecule has 1 N–H and O–H groups in total. The van der Waals surface area contributed by atoms with Gasteiger partial charge < -0.3 is 4.74 Å². The molecule has 4 aromatic rings. The number of carbonyl (C=O) groups excluding carboxylic acids is 1. The molecule has 0 radical (unpaired) electrons. The number of H-pyrrole nitrogens is 1. The van der Waals surface area contributed by atoms with Crippen LogP contribution in [0.5, 0.6) is 0 Å². The van der Waals surface area contributed by atoms with E-state index in [1.807, 2.05) is 36.5 Å². The number of aromatic amines is 1. The van der Waals surface area contributed by atoms with Crippen molar-refractivity contribution in [1.29, 1.82) is 0 Å². The zero-order chi connectivity index (χ0) is 17.2. The second-order valence-corrected chi connectivity index (χ2v) is 5.67. The minimum Gasteiger partial charge on any atom is -0.465 e. The Bertz CT molecular complexity index is 1050. The highest BCUT2D eigenvalue weighted by atomic mass is 16.5. The van der Waals surface area contributed by atoms with Gasteiger partial charge in [0.15, 0.2) is 0 Å². The van der Waals surface area contributed by atoms with Crippen LogP contribution in [0.2, 0.25) is 0 Å². The van der Waals surface area contributed by atoms with E-state index in [-0.39, 0.29) is 5.97 Å². The number of ether oxygens (including phenoxy) is 1. The van der Waals surface area contributed by atoms with Crippen LogP contribution in [-0.2, 0) is 11.3 Å². The Hall–Kier alpha value is -3.48. The molecule has 2 aromatic carbocycles. The monoisotopic (exact) mass is 333 g/mol. The number of benzene rings is 2. The Labute approximate surface area is 143 Å². The summed E-state index contributed by atoms with van der Waals surface area (Å²) in [7, 11) is 1.37. The minimum absolute atomic E-state index is 0.352. The Morgan fingerprint density at radius 2 is 2.16 bits per heavy atom. The second kappa shape index (κ2) is 6.20. The van der Waals surface area contributed by atoms with Crippen LogP contribution < -0.4 is 0 Å². The van der Waals surface area contributed by atoms with E-state index in [4.69, 9.17) is 4.74 Å². The van der Waals surface area contributed by atoms with Crippen molar-refractivity contribution in [3.63, 3.8) is 0 Å². The summed E-state index contributed by atoms with van der Waals surface area (Å²) in [4.78, 5) is 11.6. The van der Waals surface area contributed by atoms with Crippen LogP contribution in [0.15, 0.2) is 54.9 Å². The third-order valence-electron chi connectivity index (χ3n) is 3.97. The van der Waals surface area contributed by atoms with Crippen LogP contribution in [0.25, 0.3) is 22.2 Å². The van der Waals surface area contributed by atoms with Crippen molar-refractivity contribution < 1.29 is 9.53 Å². The van der Waals surface area contributed by atoms with Gasteiger partial charge in [-0.3, -0.25) is 5.10 Å². The summed E-state index contributed by atoms with van der Waals surface area (Å²) < 4.78 is 6.49. The number of aromatic nitrogens is 5. The Kier molecular flexibility index (Phi) is 3.74. The fourth-order valence-electron chi connectivity index (χ4n) is 2.71. The van der Waals surface area contributed by atoms with Gasteiger partial charge in [-0.2, -0.15) is 5.10 Å². The SMILES string of the molecule is COC(=O)c1cccc(Cn2cc(-c3ccc4[nH]ncc4c3)nn2)c1. The molecule has 0 aliphatic carbocycles. The number of fused-ring (bicyclic) bond motifs is 1. The van der Waals surface area contributed by atoms with Gasteiger partial charge in [0.1, 0.15) is 5.69 Å².